The molecular weight excluding hydrogens is 278 g/mol. The average Bonchev–Trinajstić information content (AvgIpc) is 2.76. The summed E-state index contributed by atoms with van der Waals surface area (Å²) in [6.45, 7) is 8.06. The van der Waals surface area contributed by atoms with Crippen LogP contribution in [0.5, 0.6) is 5.75 Å². The first kappa shape index (κ1) is 16.1. The Bertz CT molecular complexity index is 689. The van der Waals surface area contributed by atoms with Crippen molar-refractivity contribution in [3.63, 3.8) is 0 Å². The fraction of sp³-hybridized carbons (Fsp3) is 0.412. The van der Waals surface area contributed by atoms with Crippen molar-refractivity contribution in [2.75, 3.05) is 11.9 Å². The van der Waals surface area contributed by atoms with Gasteiger partial charge in [0.05, 0.1) is 5.69 Å². The molecule has 0 radical (unpaired) electrons. The van der Waals surface area contributed by atoms with E-state index in [9.17, 15) is 4.79 Å². The van der Waals surface area contributed by atoms with E-state index in [1.54, 1.807) is 4.68 Å². The highest BCUT2D eigenvalue weighted by Gasteiger charge is 2.13. The van der Waals surface area contributed by atoms with Gasteiger partial charge in [-0.3, -0.25) is 9.48 Å². The van der Waals surface area contributed by atoms with Crippen LogP contribution in [0.1, 0.15) is 29.3 Å². The number of anilines is 1. The van der Waals surface area contributed by atoms with Crippen molar-refractivity contribution in [1.82, 2.24) is 9.78 Å². The zero-order chi connectivity index (χ0) is 16.3. The Labute approximate surface area is 131 Å². The summed E-state index contributed by atoms with van der Waals surface area (Å²) in [6.07, 6.45) is 0.842. The molecule has 0 atom stereocenters. The molecule has 0 aliphatic heterocycles. The predicted molar refractivity (Wildman–Crippen MR) is 87.4 cm³/mol. The smallest absolute Gasteiger partial charge is 0.263 e. The lowest BCUT2D eigenvalue weighted by atomic mass is 10.1. The van der Waals surface area contributed by atoms with Crippen molar-refractivity contribution in [2.24, 2.45) is 7.05 Å². The van der Waals surface area contributed by atoms with Crippen LogP contribution >= 0.6 is 0 Å². The molecule has 1 aromatic carbocycles. The van der Waals surface area contributed by atoms with Gasteiger partial charge in [0.25, 0.3) is 5.91 Å². The van der Waals surface area contributed by atoms with Gasteiger partial charge in [0.1, 0.15) is 11.6 Å². The lowest BCUT2D eigenvalue weighted by Gasteiger charge is -2.10. The second kappa shape index (κ2) is 6.64. The van der Waals surface area contributed by atoms with Crippen LogP contribution in [-0.4, -0.2) is 22.3 Å². The number of carbonyl (C=O) groups is 1. The Hall–Kier alpha value is -2.30. The van der Waals surface area contributed by atoms with Crippen LogP contribution in [-0.2, 0) is 18.3 Å². The van der Waals surface area contributed by atoms with Gasteiger partial charge in [0.15, 0.2) is 6.61 Å². The number of aromatic nitrogens is 2. The Morgan fingerprint density at radius 3 is 2.59 bits per heavy atom. The Kier molecular flexibility index (Phi) is 4.85. The molecule has 0 aliphatic carbocycles. The van der Waals surface area contributed by atoms with Crippen molar-refractivity contribution in [3.8, 4) is 5.75 Å². The van der Waals surface area contributed by atoms with E-state index in [1.165, 1.54) is 5.56 Å². The molecule has 1 amide bonds. The van der Waals surface area contributed by atoms with Crippen LogP contribution in [0.3, 0.4) is 0 Å². The number of amides is 1. The highest BCUT2D eigenvalue weighted by Crippen LogP contribution is 2.19. The number of hydrogen-bond donors (Lipinski definition) is 1. The molecule has 0 saturated carbocycles. The first-order chi connectivity index (χ1) is 10.4. The van der Waals surface area contributed by atoms with Gasteiger partial charge in [-0.2, -0.15) is 5.10 Å². The molecule has 0 spiro atoms. The van der Waals surface area contributed by atoms with Gasteiger partial charge in [-0.25, -0.2) is 0 Å². The second-order valence-corrected chi connectivity index (χ2v) is 5.48. The van der Waals surface area contributed by atoms with E-state index < -0.39 is 0 Å². The zero-order valence-corrected chi connectivity index (χ0v) is 13.9. The summed E-state index contributed by atoms with van der Waals surface area (Å²) in [5.41, 5.74) is 4.35. The lowest BCUT2D eigenvalue weighted by molar-refractivity contribution is -0.118. The summed E-state index contributed by atoms with van der Waals surface area (Å²) >= 11 is 0. The highest BCUT2D eigenvalue weighted by molar-refractivity contribution is 5.91. The number of benzene rings is 1. The maximum Gasteiger partial charge on any atom is 0.263 e. The van der Waals surface area contributed by atoms with E-state index in [1.807, 2.05) is 52.9 Å². The molecule has 0 fully saturated rings. The van der Waals surface area contributed by atoms with E-state index in [0.717, 1.165) is 29.1 Å². The minimum Gasteiger partial charge on any atom is -0.484 e. The summed E-state index contributed by atoms with van der Waals surface area (Å²) in [5, 5.41) is 7.25. The number of nitrogens with zero attached hydrogens (tertiary/aromatic N) is 2. The third-order valence-electron chi connectivity index (χ3n) is 3.82. The van der Waals surface area contributed by atoms with Crippen molar-refractivity contribution in [1.29, 1.82) is 0 Å². The largest absolute Gasteiger partial charge is 0.484 e. The molecule has 1 N–H and O–H groups in total. The third kappa shape index (κ3) is 3.47. The number of hydrogen-bond acceptors (Lipinski definition) is 3. The second-order valence-electron chi connectivity index (χ2n) is 5.48. The molecule has 1 heterocycles. The van der Waals surface area contributed by atoms with Crippen LogP contribution < -0.4 is 10.1 Å². The summed E-state index contributed by atoms with van der Waals surface area (Å²) in [4.78, 5) is 12.1. The summed E-state index contributed by atoms with van der Waals surface area (Å²) in [6, 6.07) is 5.80. The maximum absolute atomic E-state index is 12.1. The Morgan fingerprint density at radius 1 is 1.27 bits per heavy atom. The van der Waals surface area contributed by atoms with Crippen molar-refractivity contribution in [2.45, 2.75) is 34.1 Å². The monoisotopic (exact) mass is 301 g/mol. The van der Waals surface area contributed by atoms with E-state index in [4.69, 9.17) is 4.74 Å². The summed E-state index contributed by atoms with van der Waals surface area (Å²) in [5.74, 6) is 1.24. The fourth-order valence-corrected chi connectivity index (χ4v) is 2.32. The number of nitrogens with one attached hydrogen (secondary N) is 1. The van der Waals surface area contributed by atoms with E-state index >= 15 is 0 Å². The number of ether oxygens (including phenoxy) is 1. The standard InChI is InChI=1S/C17H23N3O2/c1-6-15-13(4)17(20(5)19-15)18-16(21)10-22-14-8-7-11(2)12(3)9-14/h7-9H,6,10H2,1-5H3,(H,18,21). The number of rotatable bonds is 5. The summed E-state index contributed by atoms with van der Waals surface area (Å²) < 4.78 is 7.24. The zero-order valence-electron chi connectivity index (χ0n) is 13.9. The molecular formula is C17H23N3O2. The molecule has 0 aliphatic rings. The quantitative estimate of drug-likeness (QED) is 0.924. The molecule has 1 aromatic heterocycles. The molecule has 2 rings (SSSR count). The molecule has 0 saturated heterocycles. The van der Waals surface area contributed by atoms with Crippen LogP contribution in [0.25, 0.3) is 0 Å². The summed E-state index contributed by atoms with van der Waals surface area (Å²) in [7, 11) is 1.83. The molecule has 0 bridgehead atoms. The molecule has 22 heavy (non-hydrogen) atoms. The molecule has 118 valence electrons. The van der Waals surface area contributed by atoms with Gasteiger partial charge in [-0.1, -0.05) is 13.0 Å². The highest BCUT2D eigenvalue weighted by atomic mass is 16.5. The van der Waals surface area contributed by atoms with Gasteiger partial charge in [-0.15, -0.1) is 0 Å². The Balaban J connectivity index is 1.98. The van der Waals surface area contributed by atoms with Gasteiger partial charge in [0.2, 0.25) is 0 Å². The van der Waals surface area contributed by atoms with Crippen LogP contribution in [0.2, 0.25) is 0 Å². The predicted octanol–water partition coefficient (Wildman–Crippen LogP) is 2.93. The van der Waals surface area contributed by atoms with Gasteiger partial charge < -0.3 is 10.1 Å². The lowest BCUT2D eigenvalue weighted by Crippen LogP contribution is -2.22. The fourth-order valence-electron chi connectivity index (χ4n) is 2.32. The topological polar surface area (TPSA) is 56.2 Å². The van der Waals surface area contributed by atoms with Gasteiger partial charge >= 0.3 is 0 Å². The van der Waals surface area contributed by atoms with Crippen molar-refractivity contribution < 1.29 is 9.53 Å². The Morgan fingerprint density at radius 2 is 2.00 bits per heavy atom. The van der Waals surface area contributed by atoms with Gasteiger partial charge in [-0.05, 0) is 50.5 Å². The van der Waals surface area contributed by atoms with Crippen molar-refractivity contribution >= 4 is 11.7 Å². The maximum atomic E-state index is 12.1. The molecule has 5 nitrogen and oxygen atoms in total. The molecule has 0 unspecified atom stereocenters. The number of carbonyl (C=O) groups excluding carboxylic acids is 1. The number of aryl methyl sites for hydroxylation is 4. The average molecular weight is 301 g/mol. The van der Waals surface area contributed by atoms with Crippen LogP contribution in [0, 0.1) is 20.8 Å². The SMILES string of the molecule is CCc1nn(C)c(NC(=O)COc2ccc(C)c(C)c2)c1C. The molecule has 5 heteroatoms. The normalized spacial score (nSPS) is 10.6. The minimum absolute atomic E-state index is 0.0193. The first-order valence-corrected chi connectivity index (χ1v) is 7.44. The molecule has 2 aromatic rings. The van der Waals surface area contributed by atoms with Gasteiger partial charge in [0, 0.05) is 12.6 Å². The van der Waals surface area contributed by atoms with E-state index in [-0.39, 0.29) is 12.5 Å². The van der Waals surface area contributed by atoms with E-state index in [2.05, 4.69) is 10.4 Å². The van der Waals surface area contributed by atoms with Crippen LogP contribution in [0.15, 0.2) is 18.2 Å². The first-order valence-electron chi connectivity index (χ1n) is 7.44. The van der Waals surface area contributed by atoms with Crippen molar-refractivity contribution in [3.05, 3.63) is 40.6 Å². The van der Waals surface area contributed by atoms with Crippen LogP contribution in [0.4, 0.5) is 5.82 Å². The van der Waals surface area contributed by atoms with E-state index in [0.29, 0.717) is 5.75 Å². The third-order valence-corrected chi connectivity index (χ3v) is 3.82. The minimum atomic E-state index is -0.188.